The molecule has 2 heteroatoms. The van der Waals surface area contributed by atoms with Crippen molar-refractivity contribution in [3.8, 4) is 5.75 Å². The smallest absolute Gasteiger partial charge is 0.122 e. The van der Waals surface area contributed by atoms with Gasteiger partial charge in [-0.3, -0.25) is 0 Å². The van der Waals surface area contributed by atoms with E-state index in [0.717, 1.165) is 31.8 Å². The summed E-state index contributed by atoms with van der Waals surface area (Å²) in [5, 5.41) is 0. The van der Waals surface area contributed by atoms with Gasteiger partial charge in [-0.1, -0.05) is 12.1 Å². The third-order valence-electron chi connectivity index (χ3n) is 2.91. The Morgan fingerprint density at radius 3 is 3.14 bits per heavy atom. The summed E-state index contributed by atoms with van der Waals surface area (Å²) in [4.78, 5) is 0. The zero-order valence-corrected chi connectivity index (χ0v) is 8.16. The van der Waals surface area contributed by atoms with Gasteiger partial charge in [0.05, 0.1) is 19.3 Å². The quantitative estimate of drug-likeness (QED) is 0.679. The van der Waals surface area contributed by atoms with Crippen LogP contribution in [0.3, 0.4) is 0 Å². The molecule has 0 spiro atoms. The molecule has 74 valence electrons. The van der Waals surface area contributed by atoms with Gasteiger partial charge in [0, 0.05) is 6.42 Å². The van der Waals surface area contributed by atoms with E-state index in [0.29, 0.717) is 6.10 Å². The second-order valence-corrected chi connectivity index (χ2v) is 4.03. The summed E-state index contributed by atoms with van der Waals surface area (Å²) in [6.45, 7) is 1.82. The van der Waals surface area contributed by atoms with Crippen LogP contribution in [0.1, 0.15) is 17.5 Å². The van der Waals surface area contributed by atoms with Gasteiger partial charge in [0.2, 0.25) is 0 Å². The van der Waals surface area contributed by atoms with Crippen LogP contribution in [0, 0.1) is 0 Å². The molecule has 1 atom stereocenters. The van der Waals surface area contributed by atoms with Gasteiger partial charge in [0.15, 0.2) is 0 Å². The van der Waals surface area contributed by atoms with E-state index in [1.165, 1.54) is 17.5 Å². The lowest BCUT2D eigenvalue weighted by molar-refractivity contribution is 0.357. The number of aryl methyl sites for hydroxylation is 1. The van der Waals surface area contributed by atoms with Gasteiger partial charge in [0.1, 0.15) is 5.75 Å². The molecule has 2 nitrogen and oxygen atoms in total. The van der Waals surface area contributed by atoms with E-state index in [9.17, 15) is 0 Å². The summed E-state index contributed by atoms with van der Waals surface area (Å²) < 4.78 is 10.7. The van der Waals surface area contributed by atoms with Crippen LogP contribution < -0.4 is 4.74 Å². The molecule has 0 bridgehead atoms. The lowest BCUT2D eigenvalue weighted by Gasteiger charge is -2.02. The number of epoxide rings is 1. The first-order chi connectivity index (χ1) is 6.92. The summed E-state index contributed by atoms with van der Waals surface area (Å²) >= 11 is 0. The maximum Gasteiger partial charge on any atom is 0.122 e. The molecule has 1 aromatic rings. The Morgan fingerprint density at radius 1 is 1.36 bits per heavy atom. The normalized spacial score (nSPS) is 23.0. The number of benzene rings is 1. The maximum atomic E-state index is 5.47. The van der Waals surface area contributed by atoms with Gasteiger partial charge in [-0.2, -0.15) is 0 Å². The average molecular weight is 190 g/mol. The lowest BCUT2D eigenvalue weighted by atomic mass is 10.0. The SMILES string of the molecule is c1cc2c(cc1CCC1CO1)CCO2. The molecule has 1 unspecified atom stereocenters. The molecule has 0 saturated carbocycles. The second-order valence-electron chi connectivity index (χ2n) is 4.03. The highest BCUT2D eigenvalue weighted by Gasteiger charge is 2.22. The molecule has 0 aliphatic carbocycles. The van der Waals surface area contributed by atoms with Crippen molar-refractivity contribution in [2.45, 2.75) is 25.4 Å². The van der Waals surface area contributed by atoms with Gasteiger partial charge in [-0.15, -0.1) is 0 Å². The number of hydrogen-bond acceptors (Lipinski definition) is 2. The first-order valence-corrected chi connectivity index (χ1v) is 5.28. The Labute approximate surface area is 83.8 Å². The first kappa shape index (κ1) is 8.30. The molecule has 1 aromatic carbocycles. The van der Waals surface area contributed by atoms with E-state index in [-0.39, 0.29) is 0 Å². The van der Waals surface area contributed by atoms with E-state index < -0.39 is 0 Å². The summed E-state index contributed by atoms with van der Waals surface area (Å²) in [6, 6.07) is 6.56. The molecule has 0 aromatic heterocycles. The molecule has 2 aliphatic heterocycles. The van der Waals surface area contributed by atoms with Gasteiger partial charge < -0.3 is 9.47 Å². The van der Waals surface area contributed by atoms with Crippen molar-refractivity contribution in [1.82, 2.24) is 0 Å². The molecule has 14 heavy (non-hydrogen) atoms. The van der Waals surface area contributed by atoms with Crippen LogP contribution in [0.4, 0.5) is 0 Å². The van der Waals surface area contributed by atoms with Crippen molar-refractivity contribution in [2.75, 3.05) is 13.2 Å². The highest BCUT2D eigenvalue weighted by Crippen LogP contribution is 2.27. The van der Waals surface area contributed by atoms with Crippen molar-refractivity contribution >= 4 is 0 Å². The molecular weight excluding hydrogens is 176 g/mol. The fourth-order valence-corrected chi connectivity index (χ4v) is 1.96. The van der Waals surface area contributed by atoms with Crippen LogP contribution in [0.2, 0.25) is 0 Å². The Kier molecular flexibility index (Phi) is 1.95. The van der Waals surface area contributed by atoms with Crippen LogP contribution in [0.5, 0.6) is 5.75 Å². The van der Waals surface area contributed by atoms with Crippen molar-refractivity contribution < 1.29 is 9.47 Å². The topological polar surface area (TPSA) is 21.8 Å². The van der Waals surface area contributed by atoms with E-state index in [1.54, 1.807) is 0 Å². The van der Waals surface area contributed by atoms with E-state index in [4.69, 9.17) is 9.47 Å². The highest BCUT2D eigenvalue weighted by molar-refractivity contribution is 5.39. The first-order valence-electron chi connectivity index (χ1n) is 5.28. The third kappa shape index (κ3) is 1.62. The minimum absolute atomic E-state index is 0.541. The fourth-order valence-electron chi connectivity index (χ4n) is 1.96. The largest absolute Gasteiger partial charge is 0.493 e. The predicted molar refractivity (Wildman–Crippen MR) is 53.7 cm³/mol. The minimum atomic E-state index is 0.541. The maximum absolute atomic E-state index is 5.47. The van der Waals surface area contributed by atoms with E-state index >= 15 is 0 Å². The van der Waals surface area contributed by atoms with Gasteiger partial charge in [-0.05, 0) is 30.0 Å². The molecule has 0 amide bonds. The van der Waals surface area contributed by atoms with E-state index in [1.807, 2.05) is 0 Å². The second kappa shape index (κ2) is 3.28. The Balaban J connectivity index is 1.71. The van der Waals surface area contributed by atoms with Crippen LogP contribution in [0.15, 0.2) is 18.2 Å². The Hall–Kier alpha value is -1.02. The molecule has 2 heterocycles. The summed E-state index contributed by atoms with van der Waals surface area (Å²) in [6.07, 6.45) is 3.92. The fraction of sp³-hybridized carbons (Fsp3) is 0.500. The number of rotatable bonds is 3. The minimum Gasteiger partial charge on any atom is -0.493 e. The zero-order valence-electron chi connectivity index (χ0n) is 8.16. The molecule has 0 N–H and O–H groups in total. The molecule has 3 rings (SSSR count). The van der Waals surface area contributed by atoms with Crippen LogP contribution in [-0.2, 0) is 17.6 Å². The van der Waals surface area contributed by atoms with E-state index in [2.05, 4.69) is 18.2 Å². The van der Waals surface area contributed by atoms with Crippen LogP contribution >= 0.6 is 0 Å². The Morgan fingerprint density at radius 2 is 2.29 bits per heavy atom. The van der Waals surface area contributed by atoms with Gasteiger partial charge in [0.25, 0.3) is 0 Å². The summed E-state index contributed by atoms with van der Waals surface area (Å²) in [5.74, 6) is 1.08. The molecule has 1 saturated heterocycles. The number of ether oxygens (including phenoxy) is 2. The van der Waals surface area contributed by atoms with Gasteiger partial charge in [-0.25, -0.2) is 0 Å². The van der Waals surface area contributed by atoms with Crippen LogP contribution in [0.25, 0.3) is 0 Å². The third-order valence-corrected chi connectivity index (χ3v) is 2.91. The molecule has 2 aliphatic rings. The standard InChI is InChI=1S/C12H14O2/c1(3-11-8-14-11)9-2-4-12-10(7-9)5-6-13-12/h2,4,7,11H,1,3,5-6,8H2. The van der Waals surface area contributed by atoms with Crippen LogP contribution in [-0.4, -0.2) is 19.3 Å². The summed E-state index contributed by atoms with van der Waals surface area (Å²) in [5.41, 5.74) is 2.80. The number of fused-ring (bicyclic) bond motifs is 1. The molecular formula is C12H14O2. The summed E-state index contributed by atoms with van der Waals surface area (Å²) in [7, 11) is 0. The Bertz CT molecular complexity index is 342. The number of hydrogen-bond donors (Lipinski definition) is 0. The van der Waals surface area contributed by atoms with Crippen molar-refractivity contribution in [3.05, 3.63) is 29.3 Å². The van der Waals surface area contributed by atoms with Crippen molar-refractivity contribution in [3.63, 3.8) is 0 Å². The predicted octanol–water partition coefficient (Wildman–Crippen LogP) is 1.95. The van der Waals surface area contributed by atoms with Crippen molar-refractivity contribution in [1.29, 1.82) is 0 Å². The van der Waals surface area contributed by atoms with Gasteiger partial charge >= 0.3 is 0 Å². The molecule has 0 radical (unpaired) electrons. The zero-order chi connectivity index (χ0) is 9.38. The highest BCUT2D eigenvalue weighted by atomic mass is 16.6. The lowest BCUT2D eigenvalue weighted by Crippen LogP contribution is -1.91. The van der Waals surface area contributed by atoms with Crippen molar-refractivity contribution in [2.24, 2.45) is 0 Å². The monoisotopic (exact) mass is 190 g/mol. The molecule has 1 fully saturated rings. The average Bonchev–Trinajstić information content (AvgIpc) is 2.92.